The van der Waals surface area contributed by atoms with Gasteiger partial charge in [0.05, 0.1) is 12.5 Å². The van der Waals surface area contributed by atoms with Crippen LogP contribution in [0.3, 0.4) is 0 Å². The van der Waals surface area contributed by atoms with E-state index in [-0.39, 0.29) is 30.0 Å². The zero-order valence-corrected chi connectivity index (χ0v) is 20.4. The highest BCUT2D eigenvalue weighted by molar-refractivity contribution is 6.01. The summed E-state index contributed by atoms with van der Waals surface area (Å²) >= 11 is 0. The highest BCUT2D eigenvalue weighted by Gasteiger charge is 2.70. The first-order valence-electron chi connectivity index (χ1n) is 12.7. The molecule has 0 heterocycles. The number of carbonyl (C=O) groups is 3. The molecule has 7 atom stereocenters. The zero-order chi connectivity index (χ0) is 25.0. The van der Waals surface area contributed by atoms with Gasteiger partial charge in [0.25, 0.3) is 0 Å². The number of ketones is 2. The van der Waals surface area contributed by atoms with Crippen LogP contribution in [0.25, 0.3) is 0 Å². The highest BCUT2D eigenvalue weighted by atomic mass is 16.6. The molecule has 6 nitrogen and oxygen atoms in total. The number of hydrogen-bond acceptors (Lipinski definition) is 6. The normalized spacial score (nSPS) is 39.8. The molecule has 35 heavy (non-hydrogen) atoms. The standard InChI is InChI=1S/C29H34O6/c1-27-12-10-20(31)15-19(27)8-9-21-22-11-13-29(24(33)17-30,28(22,2)16-23(32)26(21)27)35-25(34)14-18-6-4-3-5-7-18/h3-7,10,12,15,21-23,26,30,32H,8-9,11,13-14,16-17H2,1-2H3/t21-,22-,23-,26+,27-,28-,29-/m0/s1. The number of rotatable bonds is 5. The summed E-state index contributed by atoms with van der Waals surface area (Å²) in [7, 11) is 0. The number of aliphatic hydroxyl groups excluding tert-OH is 2. The fourth-order valence-corrected chi connectivity index (χ4v) is 8.12. The zero-order valence-electron chi connectivity index (χ0n) is 20.4. The topological polar surface area (TPSA) is 101 Å². The van der Waals surface area contributed by atoms with Crippen LogP contribution in [0.2, 0.25) is 0 Å². The fraction of sp³-hybridized carbons (Fsp3) is 0.552. The summed E-state index contributed by atoms with van der Waals surface area (Å²) in [5.41, 5.74) is -0.788. The molecule has 0 bridgehead atoms. The number of allylic oxidation sites excluding steroid dienone is 4. The van der Waals surface area contributed by atoms with Crippen LogP contribution in [0.5, 0.6) is 0 Å². The van der Waals surface area contributed by atoms with E-state index in [1.807, 2.05) is 43.3 Å². The van der Waals surface area contributed by atoms with Gasteiger partial charge in [-0.2, -0.15) is 0 Å². The molecule has 4 aliphatic carbocycles. The van der Waals surface area contributed by atoms with E-state index in [1.165, 1.54) is 0 Å². The van der Waals surface area contributed by atoms with E-state index in [0.717, 1.165) is 24.0 Å². The van der Waals surface area contributed by atoms with Crippen molar-refractivity contribution in [2.24, 2.45) is 28.6 Å². The number of esters is 1. The summed E-state index contributed by atoms with van der Waals surface area (Å²) < 4.78 is 6.07. The largest absolute Gasteiger partial charge is 0.450 e. The lowest BCUT2D eigenvalue weighted by Crippen LogP contribution is -2.63. The molecule has 3 fully saturated rings. The number of carbonyl (C=O) groups excluding carboxylic acids is 3. The van der Waals surface area contributed by atoms with E-state index >= 15 is 0 Å². The van der Waals surface area contributed by atoms with Crippen molar-refractivity contribution in [1.29, 1.82) is 0 Å². The number of aliphatic hydroxyl groups is 2. The molecule has 1 aromatic rings. The van der Waals surface area contributed by atoms with Crippen LogP contribution >= 0.6 is 0 Å². The summed E-state index contributed by atoms with van der Waals surface area (Å²) in [5, 5.41) is 21.5. The van der Waals surface area contributed by atoms with Crippen LogP contribution in [0.1, 0.15) is 51.5 Å². The van der Waals surface area contributed by atoms with Gasteiger partial charge in [0.1, 0.15) is 6.61 Å². The number of benzene rings is 1. The molecule has 0 spiro atoms. The van der Waals surface area contributed by atoms with Crippen LogP contribution in [0.15, 0.2) is 54.1 Å². The molecule has 0 saturated heterocycles. The van der Waals surface area contributed by atoms with Crippen molar-refractivity contribution in [2.75, 3.05) is 6.61 Å². The quantitative estimate of drug-likeness (QED) is 0.630. The monoisotopic (exact) mass is 478 g/mol. The molecule has 4 aliphatic rings. The molecule has 0 amide bonds. The molecular weight excluding hydrogens is 444 g/mol. The van der Waals surface area contributed by atoms with Crippen molar-refractivity contribution >= 4 is 17.5 Å². The van der Waals surface area contributed by atoms with Gasteiger partial charge in [-0.1, -0.05) is 55.8 Å². The Balaban J connectivity index is 1.48. The first-order chi connectivity index (χ1) is 16.6. The van der Waals surface area contributed by atoms with Gasteiger partial charge in [0.2, 0.25) is 5.78 Å². The molecule has 1 aromatic carbocycles. The van der Waals surface area contributed by atoms with E-state index in [4.69, 9.17) is 4.74 Å². The van der Waals surface area contributed by atoms with Gasteiger partial charge in [-0.05, 0) is 61.7 Å². The van der Waals surface area contributed by atoms with Gasteiger partial charge in [0.15, 0.2) is 11.4 Å². The van der Waals surface area contributed by atoms with Gasteiger partial charge in [-0.15, -0.1) is 0 Å². The van der Waals surface area contributed by atoms with Crippen molar-refractivity contribution in [3.8, 4) is 0 Å². The van der Waals surface area contributed by atoms with E-state index in [0.29, 0.717) is 19.3 Å². The van der Waals surface area contributed by atoms with Crippen molar-refractivity contribution in [3.05, 3.63) is 59.7 Å². The number of ether oxygens (including phenoxy) is 1. The van der Waals surface area contributed by atoms with Crippen LogP contribution in [0.4, 0.5) is 0 Å². The third-order valence-electron chi connectivity index (χ3n) is 9.69. The Morgan fingerprint density at radius 2 is 1.89 bits per heavy atom. The smallest absolute Gasteiger partial charge is 0.311 e. The van der Waals surface area contributed by atoms with E-state index in [2.05, 4.69) is 6.92 Å². The summed E-state index contributed by atoms with van der Waals surface area (Å²) in [6.45, 7) is 3.35. The van der Waals surface area contributed by atoms with Crippen molar-refractivity contribution in [1.82, 2.24) is 0 Å². The van der Waals surface area contributed by atoms with E-state index in [9.17, 15) is 24.6 Å². The van der Waals surface area contributed by atoms with Crippen molar-refractivity contribution in [3.63, 3.8) is 0 Å². The maximum atomic E-state index is 13.3. The lowest BCUT2D eigenvalue weighted by molar-refractivity contribution is -0.199. The predicted octanol–water partition coefficient (Wildman–Crippen LogP) is 3.35. The summed E-state index contributed by atoms with van der Waals surface area (Å²) in [5.74, 6) is -0.897. The van der Waals surface area contributed by atoms with Gasteiger partial charge in [0, 0.05) is 16.7 Å². The van der Waals surface area contributed by atoms with Gasteiger partial charge in [-0.25, -0.2) is 0 Å². The Bertz CT molecular complexity index is 1110. The molecule has 0 radical (unpaired) electrons. The fourth-order valence-electron chi connectivity index (χ4n) is 8.12. The molecule has 0 unspecified atom stereocenters. The van der Waals surface area contributed by atoms with Crippen LogP contribution in [0, 0.1) is 28.6 Å². The van der Waals surface area contributed by atoms with E-state index < -0.39 is 40.9 Å². The first kappa shape index (κ1) is 24.1. The maximum absolute atomic E-state index is 13.3. The third-order valence-corrected chi connectivity index (χ3v) is 9.69. The maximum Gasteiger partial charge on any atom is 0.311 e. The van der Waals surface area contributed by atoms with Crippen molar-refractivity contribution < 1.29 is 29.3 Å². The molecule has 3 saturated carbocycles. The Labute approximate surface area is 206 Å². The Hall–Kier alpha value is -2.57. The number of hydrogen-bond donors (Lipinski definition) is 2. The predicted molar refractivity (Wildman–Crippen MR) is 129 cm³/mol. The SMILES string of the molecule is C[C@]12C=CC(=O)C=C1CC[C@@H]1[C@@H]2[C@@H](O)C[C@@]2(C)[C@H]1CC[C@]2(OC(=O)Cc1ccccc1)C(=O)CO. The second kappa shape index (κ2) is 8.52. The Morgan fingerprint density at radius 1 is 1.14 bits per heavy atom. The van der Waals surface area contributed by atoms with Crippen LogP contribution in [-0.2, 0) is 25.5 Å². The van der Waals surface area contributed by atoms with Crippen LogP contribution < -0.4 is 0 Å². The molecule has 6 heteroatoms. The average Bonchev–Trinajstić information content (AvgIpc) is 3.11. The second-order valence-electron chi connectivity index (χ2n) is 11.3. The molecule has 186 valence electrons. The minimum atomic E-state index is -1.46. The lowest BCUT2D eigenvalue weighted by Gasteiger charge is -2.59. The summed E-state index contributed by atoms with van der Waals surface area (Å²) in [4.78, 5) is 38.4. The highest BCUT2D eigenvalue weighted by Crippen LogP contribution is 2.67. The summed E-state index contributed by atoms with van der Waals surface area (Å²) in [6, 6.07) is 9.25. The number of fused-ring (bicyclic) bond motifs is 5. The van der Waals surface area contributed by atoms with Gasteiger partial charge >= 0.3 is 5.97 Å². The second-order valence-corrected chi connectivity index (χ2v) is 11.3. The molecular formula is C29H34O6. The minimum Gasteiger partial charge on any atom is -0.450 e. The van der Waals surface area contributed by atoms with Gasteiger partial charge < -0.3 is 14.9 Å². The third kappa shape index (κ3) is 3.56. The molecule has 2 N–H and O–H groups in total. The number of Topliss-reactive ketones (excluding diaryl/α,β-unsaturated/α-hetero) is 1. The van der Waals surface area contributed by atoms with Crippen molar-refractivity contribution in [2.45, 2.75) is 64.1 Å². The lowest BCUT2D eigenvalue weighted by atomic mass is 9.46. The average molecular weight is 479 g/mol. The van der Waals surface area contributed by atoms with E-state index in [1.54, 1.807) is 12.2 Å². The molecule has 0 aliphatic heterocycles. The summed E-state index contributed by atoms with van der Waals surface area (Å²) in [6.07, 6.45) is 7.49. The Kier molecular flexibility index (Phi) is 5.88. The van der Waals surface area contributed by atoms with Gasteiger partial charge in [-0.3, -0.25) is 14.4 Å². The molecule has 5 rings (SSSR count). The first-order valence-corrected chi connectivity index (χ1v) is 12.7. The van der Waals surface area contributed by atoms with Crippen LogP contribution in [-0.4, -0.2) is 46.1 Å². The Morgan fingerprint density at radius 3 is 2.60 bits per heavy atom. The molecule has 0 aromatic heterocycles. The minimum absolute atomic E-state index is 0.00943.